The Balaban J connectivity index is 2.34. The van der Waals surface area contributed by atoms with E-state index in [1.54, 1.807) is 18.2 Å². The first kappa shape index (κ1) is 15.9. The Morgan fingerprint density at radius 3 is 2.26 bits per heavy atom. The van der Waals surface area contributed by atoms with E-state index in [0.717, 1.165) is 6.08 Å². The fourth-order valence-electron chi connectivity index (χ4n) is 1.87. The number of carboxylic acids is 1. The average molecular weight is 312 g/mol. The molecule has 0 aliphatic rings. The number of nitro groups is 1. The van der Waals surface area contributed by atoms with Crippen LogP contribution in [0.15, 0.2) is 60.3 Å². The van der Waals surface area contributed by atoms with Crippen molar-refractivity contribution in [3.8, 4) is 0 Å². The Kier molecular flexibility index (Phi) is 4.83. The maximum absolute atomic E-state index is 12.0. The van der Waals surface area contributed by atoms with Crippen molar-refractivity contribution in [3.05, 3.63) is 81.5 Å². The smallest absolute Gasteiger partial charge is 0.352 e. The molecule has 0 aliphatic carbocycles. The van der Waals surface area contributed by atoms with Gasteiger partial charge in [-0.3, -0.25) is 14.9 Å². The summed E-state index contributed by atoms with van der Waals surface area (Å²) in [4.78, 5) is 33.7. The van der Waals surface area contributed by atoms with Crippen LogP contribution in [0.2, 0.25) is 0 Å². The van der Waals surface area contributed by atoms with E-state index in [2.05, 4.69) is 5.32 Å². The molecule has 0 aliphatic heterocycles. The van der Waals surface area contributed by atoms with E-state index < -0.39 is 22.5 Å². The number of nitro benzene ring substituents is 1. The van der Waals surface area contributed by atoms with Crippen molar-refractivity contribution in [3.63, 3.8) is 0 Å². The fourth-order valence-corrected chi connectivity index (χ4v) is 1.87. The summed E-state index contributed by atoms with van der Waals surface area (Å²) in [6.07, 6.45) is 1.06. The number of benzene rings is 2. The molecule has 2 N–H and O–H groups in total. The molecule has 0 fully saturated rings. The normalized spacial score (nSPS) is 10.9. The van der Waals surface area contributed by atoms with E-state index in [0.29, 0.717) is 0 Å². The highest BCUT2D eigenvalue weighted by atomic mass is 16.6. The first-order chi connectivity index (χ1) is 11.0. The van der Waals surface area contributed by atoms with Crippen LogP contribution < -0.4 is 5.32 Å². The molecule has 0 atom stereocenters. The van der Waals surface area contributed by atoms with Gasteiger partial charge in [0, 0.05) is 11.6 Å². The van der Waals surface area contributed by atoms with Crippen LogP contribution in [0.4, 0.5) is 5.69 Å². The first-order valence-electron chi connectivity index (χ1n) is 6.54. The van der Waals surface area contributed by atoms with Crippen LogP contribution in [-0.2, 0) is 4.79 Å². The Bertz CT molecular complexity index is 784. The summed E-state index contributed by atoms with van der Waals surface area (Å²) >= 11 is 0. The maximum atomic E-state index is 12.0. The lowest BCUT2D eigenvalue weighted by Crippen LogP contribution is -2.27. The van der Waals surface area contributed by atoms with Crippen LogP contribution in [0, 0.1) is 10.1 Å². The van der Waals surface area contributed by atoms with Crippen molar-refractivity contribution in [2.75, 3.05) is 0 Å². The first-order valence-corrected chi connectivity index (χ1v) is 6.54. The summed E-state index contributed by atoms with van der Waals surface area (Å²) in [6.45, 7) is 0. The molecule has 0 heterocycles. The molecule has 116 valence electrons. The number of nitrogens with one attached hydrogen (secondary N) is 1. The second-order valence-electron chi connectivity index (χ2n) is 4.50. The van der Waals surface area contributed by atoms with Gasteiger partial charge in [0.05, 0.1) is 10.5 Å². The minimum absolute atomic E-state index is 0.0864. The van der Waals surface area contributed by atoms with Gasteiger partial charge in [-0.05, 0) is 24.3 Å². The molecule has 7 heteroatoms. The number of carbonyl (C=O) groups excluding carboxylic acids is 1. The Morgan fingerprint density at radius 1 is 1.04 bits per heavy atom. The molecule has 0 saturated carbocycles. The van der Waals surface area contributed by atoms with Crippen molar-refractivity contribution < 1.29 is 19.6 Å². The highest BCUT2D eigenvalue weighted by Crippen LogP contribution is 2.20. The van der Waals surface area contributed by atoms with Crippen LogP contribution in [-0.4, -0.2) is 21.9 Å². The average Bonchev–Trinajstić information content (AvgIpc) is 2.55. The van der Waals surface area contributed by atoms with Gasteiger partial charge >= 0.3 is 5.97 Å². The highest BCUT2D eigenvalue weighted by molar-refractivity contribution is 6.02. The van der Waals surface area contributed by atoms with Crippen molar-refractivity contribution in [2.24, 2.45) is 0 Å². The lowest BCUT2D eigenvalue weighted by Gasteiger charge is -2.06. The minimum Gasteiger partial charge on any atom is -0.477 e. The van der Waals surface area contributed by atoms with Crippen molar-refractivity contribution in [1.82, 2.24) is 5.32 Å². The molecule has 2 rings (SSSR count). The number of amides is 1. The molecule has 2 aromatic rings. The number of carbonyl (C=O) groups is 2. The number of nitrogens with zero attached hydrogens (tertiary/aromatic N) is 1. The number of hydrogen-bond acceptors (Lipinski definition) is 4. The third-order valence-corrected chi connectivity index (χ3v) is 2.95. The zero-order valence-electron chi connectivity index (χ0n) is 11.8. The van der Waals surface area contributed by atoms with Gasteiger partial charge in [0.2, 0.25) is 0 Å². The summed E-state index contributed by atoms with van der Waals surface area (Å²) in [6, 6.07) is 13.7. The minimum atomic E-state index is -1.40. The largest absolute Gasteiger partial charge is 0.477 e. The van der Waals surface area contributed by atoms with Crippen LogP contribution in [0.3, 0.4) is 0 Å². The number of para-hydroxylation sites is 1. The van der Waals surface area contributed by atoms with Crippen molar-refractivity contribution >= 4 is 23.6 Å². The monoisotopic (exact) mass is 312 g/mol. The van der Waals surface area contributed by atoms with Crippen LogP contribution in [0.5, 0.6) is 0 Å². The van der Waals surface area contributed by atoms with Crippen LogP contribution in [0.25, 0.3) is 6.08 Å². The van der Waals surface area contributed by atoms with Gasteiger partial charge in [0.15, 0.2) is 0 Å². The lowest BCUT2D eigenvalue weighted by atomic mass is 10.1. The Hall–Kier alpha value is -3.48. The van der Waals surface area contributed by atoms with Gasteiger partial charge < -0.3 is 10.4 Å². The number of aliphatic carboxylic acids is 1. The zero-order chi connectivity index (χ0) is 16.8. The summed E-state index contributed by atoms with van der Waals surface area (Å²) in [5, 5.41) is 22.4. The van der Waals surface area contributed by atoms with Crippen LogP contribution in [0.1, 0.15) is 15.9 Å². The van der Waals surface area contributed by atoms with E-state index in [1.165, 1.54) is 36.4 Å². The number of carboxylic acid groups (broad SMARTS) is 1. The van der Waals surface area contributed by atoms with E-state index in [9.17, 15) is 24.8 Å². The standard InChI is InChI=1S/C16H12N2O5/c19-15(11-6-2-1-3-7-11)17-13(16(20)21)10-12-8-4-5-9-14(12)18(22)23/h1-10H,(H,17,19)(H,20,21). The molecule has 23 heavy (non-hydrogen) atoms. The van der Waals surface area contributed by atoms with Gasteiger partial charge in [0.25, 0.3) is 11.6 Å². The number of hydrogen-bond donors (Lipinski definition) is 2. The fraction of sp³-hybridized carbons (Fsp3) is 0. The zero-order valence-corrected chi connectivity index (χ0v) is 11.8. The molecule has 0 bridgehead atoms. The van der Waals surface area contributed by atoms with Crippen LogP contribution >= 0.6 is 0 Å². The summed E-state index contributed by atoms with van der Waals surface area (Å²) in [5.74, 6) is -2.01. The molecule has 0 spiro atoms. The second kappa shape index (κ2) is 6.99. The maximum Gasteiger partial charge on any atom is 0.352 e. The summed E-state index contributed by atoms with van der Waals surface area (Å²) in [5.41, 5.74) is -0.334. The molecular formula is C16H12N2O5. The lowest BCUT2D eigenvalue weighted by molar-refractivity contribution is -0.385. The van der Waals surface area contributed by atoms with Gasteiger partial charge in [0.1, 0.15) is 5.70 Å². The van der Waals surface area contributed by atoms with E-state index >= 15 is 0 Å². The van der Waals surface area contributed by atoms with Gasteiger partial charge in [-0.2, -0.15) is 0 Å². The van der Waals surface area contributed by atoms with Gasteiger partial charge in [-0.1, -0.05) is 30.3 Å². The third-order valence-electron chi connectivity index (χ3n) is 2.95. The van der Waals surface area contributed by atoms with E-state index in [-0.39, 0.29) is 16.8 Å². The van der Waals surface area contributed by atoms with E-state index in [4.69, 9.17) is 0 Å². The SMILES string of the molecule is O=C(O)C(=Cc1ccccc1[N+](=O)[O-])NC(=O)c1ccccc1. The van der Waals surface area contributed by atoms with E-state index in [1.807, 2.05) is 0 Å². The topological polar surface area (TPSA) is 110 Å². The molecule has 7 nitrogen and oxygen atoms in total. The van der Waals surface area contributed by atoms with Crippen molar-refractivity contribution in [1.29, 1.82) is 0 Å². The predicted octanol–water partition coefficient (Wildman–Crippen LogP) is 2.45. The second-order valence-corrected chi connectivity index (χ2v) is 4.50. The molecule has 0 unspecified atom stereocenters. The Morgan fingerprint density at radius 2 is 1.65 bits per heavy atom. The highest BCUT2D eigenvalue weighted by Gasteiger charge is 2.16. The molecule has 1 amide bonds. The summed E-state index contributed by atoms with van der Waals surface area (Å²) < 4.78 is 0. The van der Waals surface area contributed by atoms with Gasteiger partial charge in [-0.25, -0.2) is 4.79 Å². The quantitative estimate of drug-likeness (QED) is 0.500. The molecule has 0 aromatic heterocycles. The molecule has 0 saturated heterocycles. The number of rotatable bonds is 5. The van der Waals surface area contributed by atoms with Crippen molar-refractivity contribution in [2.45, 2.75) is 0 Å². The van der Waals surface area contributed by atoms with Gasteiger partial charge in [-0.15, -0.1) is 0 Å². The Labute approximate surface area is 131 Å². The third kappa shape index (κ3) is 4.01. The predicted molar refractivity (Wildman–Crippen MR) is 82.6 cm³/mol. The summed E-state index contributed by atoms with van der Waals surface area (Å²) in [7, 11) is 0. The molecular weight excluding hydrogens is 300 g/mol. The molecule has 2 aromatic carbocycles. The molecule has 0 radical (unpaired) electrons.